The van der Waals surface area contributed by atoms with Crippen LogP contribution >= 0.6 is 34.8 Å². The maximum absolute atomic E-state index is 8.88. The molecule has 0 spiro atoms. The summed E-state index contributed by atoms with van der Waals surface area (Å²) in [5.74, 6) is 1.83. The Bertz CT molecular complexity index is 2680. The van der Waals surface area contributed by atoms with Crippen molar-refractivity contribution >= 4 is 66.6 Å². The number of aryl methyl sites for hydroxylation is 6. The van der Waals surface area contributed by atoms with Gasteiger partial charge in [-0.05, 0) is 0 Å². The molecule has 0 aliphatic heterocycles. The molecule has 0 aromatic heterocycles. The first-order chi connectivity index (χ1) is 32.0. The van der Waals surface area contributed by atoms with Crippen molar-refractivity contribution in [2.45, 2.75) is 53.9 Å². The molecule has 0 heterocycles. The average Bonchev–Trinajstić information content (AvgIpc) is 3.31. The zero-order chi connectivity index (χ0) is 48.2. The van der Waals surface area contributed by atoms with Gasteiger partial charge in [0.15, 0.2) is 0 Å². The minimum absolute atomic E-state index is 0. The summed E-state index contributed by atoms with van der Waals surface area (Å²) >= 11 is 0. The first-order valence-corrected chi connectivity index (χ1v) is 28.5. The fourth-order valence-corrected chi connectivity index (χ4v) is 18.7. The van der Waals surface area contributed by atoms with Crippen LogP contribution in [0.5, 0.6) is 11.5 Å². The standard InChI is InChI=1S/2C29H31OP.ClH.H3O4P/c1-22-9-5-14-27(17-22)31(28-15-6-10-23(2)18-28,29-16-7-11-24(3)19-29)21-25-12-8-13-26(20-25)30-4;1-22-8-14-27(15-9-22)31(28-16-10-23(2)11-17-28,29-18-12-24(3)13-19-29)21-25-6-5-7-26(20-25)30-4;;1-5(2,3)4/h2*5-20,31H,21H2,1-4H3;1H;(H3,1,2,3,4). The van der Waals surface area contributed by atoms with Gasteiger partial charge in [0.1, 0.15) is 0 Å². The van der Waals surface area contributed by atoms with Gasteiger partial charge < -0.3 is 14.7 Å². The minimum atomic E-state index is -4.64. The van der Waals surface area contributed by atoms with Gasteiger partial charge in [0.05, 0.1) is 0 Å². The normalized spacial score (nSPS) is 11.7. The molecule has 10 heteroatoms. The third kappa shape index (κ3) is 13.9. The Morgan fingerprint density at radius 2 is 0.632 bits per heavy atom. The van der Waals surface area contributed by atoms with E-state index in [9.17, 15) is 0 Å². The van der Waals surface area contributed by atoms with Crippen LogP contribution in [-0.4, -0.2) is 28.9 Å². The van der Waals surface area contributed by atoms with Gasteiger partial charge in [-0.3, -0.25) is 0 Å². The summed E-state index contributed by atoms with van der Waals surface area (Å²) in [6.07, 6.45) is 1.97. The maximum Gasteiger partial charge on any atom is 0.466 e. The van der Waals surface area contributed by atoms with Crippen LogP contribution in [0.1, 0.15) is 44.5 Å². The fraction of sp³-hybridized carbons (Fsp3) is 0.172. The Kier molecular flexibility index (Phi) is 19.1. The zero-order valence-electron chi connectivity index (χ0n) is 40.3. The van der Waals surface area contributed by atoms with E-state index in [1.165, 1.54) is 76.3 Å². The van der Waals surface area contributed by atoms with Crippen LogP contribution in [0.4, 0.5) is 0 Å². The van der Waals surface area contributed by atoms with E-state index in [0.717, 1.165) is 23.8 Å². The molecule has 0 radical (unpaired) electrons. The monoisotopic (exact) mass is 986 g/mol. The van der Waals surface area contributed by atoms with Crippen LogP contribution < -0.4 is 41.3 Å². The molecule has 356 valence electrons. The second kappa shape index (κ2) is 24.3. The first kappa shape index (κ1) is 53.6. The van der Waals surface area contributed by atoms with E-state index in [4.69, 9.17) is 28.7 Å². The van der Waals surface area contributed by atoms with E-state index in [1.54, 1.807) is 14.2 Å². The number of hydrogen-bond donors (Lipinski definition) is 3. The van der Waals surface area contributed by atoms with Crippen molar-refractivity contribution in [3.63, 3.8) is 0 Å². The molecule has 0 aliphatic rings. The van der Waals surface area contributed by atoms with Crippen molar-refractivity contribution in [3.8, 4) is 11.5 Å². The van der Waals surface area contributed by atoms with Gasteiger partial charge in [0, 0.05) is 0 Å². The van der Waals surface area contributed by atoms with Crippen LogP contribution in [0.25, 0.3) is 0 Å². The van der Waals surface area contributed by atoms with Crippen molar-refractivity contribution < 1.29 is 28.7 Å². The van der Waals surface area contributed by atoms with Crippen molar-refractivity contribution in [1.29, 1.82) is 0 Å². The zero-order valence-corrected chi connectivity index (χ0v) is 44.0. The Morgan fingerprint density at radius 3 is 0.897 bits per heavy atom. The minimum Gasteiger partial charge on any atom is -0.303 e. The topological polar surface area (TPSA) is 96.2 Å². The molecule has 8 rings (SSSR count). The average molecular weight is 988 g/mol. The summed E-state index contributed by atoms with van der Waals surface area (Å²) in [5, 5.41) is 8.67. The van der Waals surface area contributed by atoms with Gasteiger partial charge in [-0.25, -0.2) is 4.57 Å². The van der Waals surface area contributed by atoms with E-state index < -0.39 is 22.3 Å². The first-order valence-electron chi connectivity index (χ1n) is 22.5. The van der Waals surface area contributed by atoms with Gasteiger partial charge in [0.2, 0.25) is 0 Å². The third-order valence-electron chi connectivity index (χ3n) is 12.4. The van der Waals surface area contributed by atoms with Crippen LogP contribution in [0, 0.1) is 41.5 Å². The van der Waals surface area contributed by atoms with E-state index in [2.05, 4.69) is 224 Å². The predicted octanol–water partition coefficient (Wildman–Crippen LogP) is 11.2. The van der Waals surface area contributed by atoms with Crippen molar-refractivity contribution in [3.05, 3.63) is 239 Å². The SMILES string of the molecule is COc1cccc(C[PH](c2ccc(C)cc2)(c2ccc(C)cc2)c2ccc(C)cc2)c1.COc1cccc(C[PH](c2cccc(C)c2)(c2cccc(C)c2)c2cccc(C)c2)c1.Cl.O=P(O)(O)O. The number of ether oxygens (including phenoxy) is 2. The van der Waals surface area contributed by atoms with Gasteiger partial charge in [-0.15, -0.1) is 12.4 Å². The third-order valence-corrected chi connectivity index (χ3v) is 22.1. The largest absolute Gasteiger partial charge is 0.466 e. The maximum atomic E-state index is 8.88. The number of hydrogen-bond acceptors (Lipinski definition) is 3. The molecule has 0 amide bonds. The Labute approximate surface area is 411 Å². The van der Waals surface area contributed by atoms with Crippen LogP contribution in [0.2, 0.25) is 0 Å². The Morgan fingerprint density at radius 1 is 0.368 bits per heavy atom. The molecule has 8 aromatic carbocycles. The van der Waals surface area contributed by atoms with E-state index in [0.29, 0.717) is 0 Å². The fourth-order valence-electron chi connectivity index (χ4n) is 9.04. The molecular formula is C58H66ClO6P3. The number of rotatable bonds is 12. The van der Waals surface area contributed by atoms with Crippen LogP contribution in [0.3, 0.4) is 0 Å². The van der Waals surface area contributed by atoms with Crippen molar-refractivity contribution in [1.82, 2.24) is 0 Å². The molecule has 8 aromatic rings. The summed E-state index contributed by atoms with van der Waals surface area (Å²) in [6.45, 7) is 13.1. The molecule has 0 fully saturated rings. The van der Waals surface area contributed by atoms with Gasteiger partial charge in [-0.1, -0.05) is 0 Å². The second-order valence-electron chi connectivity index (χ2n) is 17.6. The molecule has 0 saturated carbocycles. The van der Waals surface area contributed by atoms with Crippen LogP contribution in [-0.2, 0) is 16.9 Å². The number of phosphoric acid groups is 1. The summed E-state index contributed by atoms with van der Waals surface area (Å²) < 4.78 is 20.0. The predicted molar refractivity (Wildman–Crippen MR) is 296 cm³/mol. The molecular weight excluding hydrogens is 921 g/mol. The number of halogens is 1. The molecule has 0 bridgehead atoms. The van der Waals surface area contributed by atoms with Gasteiger partial charge in [0.25, 0.3) is 0 Å². The Balaban J connectivity index is 0.000000228. The molecule has 68 heavy (non-hydrogen) atoms. The molecule has 0 saturated heterocycles. The number of benzene rings is 8. The summed E-state index contributed by atoms with van der Waals surface area (Å²) in [6, 6.07) is 72.2. The second-order valence-corrected chi connectivity index (χ2v) is 26.4. The summed E-state index contributed by atoms with van der Waals surface area (Å²) in [4.78, 5) is 21.6. The van der Waals surface area contributed by atoms with Gasteiger partial charge >= 0.3 is 382 Å². The smallest absolute Gasteiger partial charge is 0.303 e. The van der Waals surface area contributed by atoms with Gasteiger partial charge in [-0.2, -0.15) is 0 Å². The molecule has 6 nitrogen and oxygen atoms in total. The molecule has 3 N–H and O–H groups in total. The quantitative estimate of drug-likeness (QED) is 0.106. The van der Waals surface area contributed by atoms with E-state index >= 15 is 0 Å². The van der Waals surface area contributed by atoms with E-state index in [1.807, 2.05) is 12.1 Å². The molecule has 0 unspecified atom stereocenters. The summed E-state index contributed by atoms with van der Waals surface area (Å²) in [7, 11) is -5.83. The summed E-state index contributed by atoms with van der Waals surface area (Å²) in [5.41, 5.74) is 10.4. The molecule has 0 atom stereocenters. The van der Waals surface area contributed by atoms with Crippen LogP contribution in [0.15, 0.2) is 194 Å². The Hall–Kier alpha value is -5.38. The molecule has 0 aliphatic carbocycles. The number of methoxy groups -OCH3 is 2. The van der Waals surface area contributed by atoms with Crippen molar-refractivity contribution in [2.24, 2.45) is 0 Å². The van der Waals surface area contributed by atoms with E-state index in [-0.39, 0.29) is 12.4 Å². The van der Waals surface area contributed by atoms with Crippen molar-refractivity contribution in [2.75, 3.05) is 14.2 Å².